The minimum absolute atomic E-state index is 0.000246. The summed E-state index contributed by atoms with van der Waals surface area (Å²) < 4.78 is 27.7. The number of anilines is 1. The lowest BCUT2D eigenvalue weighted by atomic mass is 10.0. The van der Waals surface area contributed by atoms with Gasteiger partial charge >= 0.3 is 0 Å². The van der Waals surface area contributed by atoms with E-state index in [0.29, 0.717) is 35.7 Å². The molecule has 0 spiro atoms. The molecule has 1 N–H and O–H groups in total. The summed E-state index contributed by atoms with van der Waals surface area (Å²) in [4.78, 5) is 16.6. The number of piperidine rings is 1. The van der Waals surface area contributed by atoms with Crippen molar-refractivity contribution in [3.63, 3.8) is 0 Å². The fraction of sp³-hybridized carbons (Fsp3) is 0.421. The number of carbonyl (C=O) groups excluding carboxylic acids is 1. The summed E-state index contributed by atoms with van der Waals surface area (Å²) in [6.45, 7) is 4.08. The monoisotopic (exact) mass is 407 g/mol. The normalized spacial score (nSPS) is 15.7. The maximum Gasteiger partial charge on any atom is 0.253 e. The first kappa shape index (κ1) is 19.9. The highest BCUT2D eigenvalue weighted by Crippen LogP contribution is 2.20. The predicted molar refractivity (Wildman–Crippen MR) is 109 cm³/mol. The summed E-state index contributed by atoms with van der Waals surface area (Å²) in [7, 11) is -1.45. The van der Waals surface area contributed by atoms with Crippen LogP contribution in [0.15, 0.2) is 46.0 Å². The number of rotatable bonds is 6. The number of nitrogens with zero attached hydrogens (tertiary/aromatic N) is 2. The molecule has 1 amide bonds. The average molecular weight is 408 g/mol. The van der Waals surface area contributed by atoms with Gasteiger partial charge in [-0.1, -0.05) is 6.07 Å². The Labute approximate surface area is 164 Å². The average Bonchev–Trinajstić information content (AvgIpc) is 3.23. The fourth-order valence-electron chi connectivity index (χ4n) is 3.12. The van der Waals surface area contributed by atoms with E-state index < -0.39 is 10.0 Å². The smallest absolute Gasteiger partial charge is 0.253 e. The van der Waals surface area contributed by atoms with E-state index in [2.05, 4.69) is 16.5 Å². The van der Waals surface area contributed by atoms with E-state index in [0.717, 1.165) is 12.2 Å². The highest BCUT2D eigenvalue weighted by atomic mass is 32.2. The number of hydrogen-bond donors (Lipinski definition) is 1. The van der Waals surface area contributed by atoms with Crippen LogP contribution in [0, 0.1) is 0 Å². The van der Waals surface area contributed by atoms with Crippen molar-refractivity contribution in [1.82, 2.24) is 9.62 Å². The number of sulfonamides is 1. The van der Waals surface area contributed by atoms with Crippen molar-refractivity contribution in [2.75, 3.05) is 31.6 Å². The van der Waals surface area contributed by atoms with Crippen molar-refractivity contribution >= 4 is 33.0 Å². The second-order valence-corrected chi connectivity index (χ2v) is 9.57. The van der Waals surface area contributed by atoms with Gasteiger partial charge in [0, 0.05) is 44.0 Å². The zero-order chi connectivity index (χ0) is 19.4. The molecule has 1 aliphatic rings. The van der Waals surface area contributed by atoms with Crippen LogP contribution >= 0.6 is 11.3 Å². The second-order valence-electron chi connectivity index (χ2n) is 6.68. The molecule has 1 fully saturated rings. The Morgan fingerprint density at radius 1 is 1.22 bits per heavy atom. The van der Waals surface area contributed by atoms with E-state index in [1.54, 1.807) is 22.4 Å². The highest BCUT2D eigenvalue weighted by Gasteiger charge is 2.27. The lowest BCUT2D eigenvalue weighted by Crippen LogP contribution is -2.46. The minimum Gasteiger partial charge on any atom is -0.375 e. The van der Waals surface area contributed by atoms with Crippen molar-refractivity contribution in [2.45, 2.75) is 30.0 Å². The quantitative estimate of drug-likeness (QED) is 0.799. The van der Waals surface area contributed by atoms with Crippen LogP contribution in [0.1, 0.15) is 30.1 Å². The first-order valence-corrected chi connectivity index (χ1v) is 11.4. The minimum atomic E-state index is -3.46. The van der Waals surface area contributed by atoms with Crippen molar-refractivity contribution in [3.05, 3.63) is 47.3 Å². The van der Waals surface area contributed by atoms with Gasteiger partial charge in [0.1, 0.15) is 4.21 Å². The first-order chi connectivity index (χ1) is 12.9. The third-order valence-corrected chi connectivity index (χ3v) is 7.81. The Kier molecular flexibility index (Phi) is 6.18. The molecule has 1 aromatic carbocycles. The van der Waals surface area contributed by atoms with Crippen LogP contribution in [0.2, 0.25) is 0 Å². The van der Waals surface area contributed by atoms with Gasteiger partial charge in [-0.05, 0) is 55.5 Å². The largest absolute Gasteiger partial charge is 0.375 e. The molecule has 8 heteroatoms. The van der Waals surface area contributed by atoms with Crippen LogP contribution in [0.4, 0.5) is 5.69 Å². The number of likely N-dealkylation sites (tertiary alicyclic amines) is 1. The second kappa shape index (κ2) is 8.41. The van der Waals surface area contributed by atoms with E-state index in [1.165, 1.54) is 11.3 Å². The maximum absolute atomic E-state index is 12.7. The number of thiophene rings is 1. The van der Waals surface area contributed by atoms with Crippen LogP contribution in [-0.4, -0.2) is 51.9 Å². The number of nitrogens with one attached hydrogen (secondary N) is 1. The van der Waals surface area contributed by atoms with Gasteiger partial charge in [-0.25, -0.2) is 13.1 Å². The Morgan fingerprint density at radius 2 is 1.89 bits per heavy atom. The summed E-state index contributed by atoms with van der Waals surface area (Å²) in [6.07, 6.45) is 1.24. The van der Waals surface area contributed by atoms with E-state index in [4.69, 9.17) is 0 Å². The third-order valence-electron chi connectivity index (χ3n) is 4.89. The topological polar surface area (TPSA) is 69.7 Å². The van der Waals surface area contributed by atoms with Gasteiger partial charge < -0.3 is 9.80 Å². The van der Waals surface area contributed by atoms with Gasteiger partial charge in [0.05, 0.1) is 0 Å². The van der Waals surface area contributed by atoms with Crippen molar-refractivity contribution < 1.29 is 13.2 Å². The van der Waals surface area contributed by atoms with E-state index in [-0.39, 0.29) is 11.9 Å². The first-order valence-electron chi connectivity index (χ1n) is 9.07. The van der Waals surface area contributed by atoms with Gasteiger partial charge in [-0.3, -0.25) is 4.79 Å². The van der Waals surface area contributed by atoms with Crippen LogP contribution in [-0.2, 0) is 10.0 Å². The molecule has 1 saturated heterocycles. The summed E-state index contributed by atoms with van der Waals surface area (Å²) in [5.41, 5.74) is 1.75. The van der Waals surface area contributed by atoms with Crippen molar-refractivity contribution in [1.29, 1.82) is 0 Å². The molecule has 2 aromatic rings. The number of amides is 1. The molecule has 0 atom stereocenters. The zero-order valence-corrected chi connectivity index (χ0v) is 17.2. The zero-order valence-electron chi connectivity index (χ0n) is 15.6. The van der Waals surface area contributed by atoms with Gasteiger partial charge in [0.2, 0.25) is 10.0 Å². The molecule has 1 aromatic heterocycles. The van der Waals surface area contributed by atoms with Crippen molar-refractivity contribution in [3.8, 4) is 0 Å². The van der Waals surface area contributed by atoms with Gasteiger partial charge in [-0.2, -0.15) is 0 Å². The van der Waals surface area contributed by atoms with E-state index in [9.17, 15) is 13.2 Å². The molecule has 1 aliphatic heterocycles. The predicted octanol–water partition coefficient (Wildman–Crippen LogP) is 2.79. The van der Waals surface area contributed by atoms with Gasteiger partial charge in [-0.15, -0.1) is 11.3 Å². The molecule has 0 saturated carbocycles. The molecule has 27 heavy (non-hydrogen) atoms. The van der Waals surface area contributed by atoms with Crippen LogP contribution in [0.5, 0.6) is 0 Å². The Bertz CT molecular complexity index is 856. The van der Waals surface area contributed by atoms with Crippen LogP contribution in [0.3, 0.4) is 0 Å². The maximum atomic E-state index is 12.7. The molecule has 3 rings (SSSR count). The fourth-order valence-corrected chi connectivity index (χ4v) is 5.43. The Morgan fingerprint density at radius 3 is 2.44 bits per heavy atom. The lowest BCUT2D eigenvalue weighted by Gasteiger charge is -2.32. The molecule has 0 radical (unpaired) electrons. The van der Waals surface area contributed by atoms with E-state index in [1.807, 2.05) is 31.3 Å². The molecule has 2 heterocycles. The van der Waals surface area contributed by atoms with E-state index >= 15 is 0 Å². The van der Waals surface area contributed by atoms with Gasteiger partial charge in [0.15, 0.2) is 0 Å². The SMILES string of the molecule is CCN(C)c1ccc(C(=O)N2CCC(NS(=O)(=O)c3cccs3)CC2)cc1. The molecule has 0 aliphatic carbocycles. The third kappa shape index (κ3) is 4.69. The number of carbonyl (C=O) groups is 1. The molecular formula is C19H25N3O3S2. The number of benzene rings is 1. The van der Waals surface area contributed by atoms with Crippen molar-refractivity contribution in [2.24, 2.45) is 0 Å². The standard InChI is InChI=1S/C19H25N3O3S2/c1-3-21(2)17-8-6-15(7-9-17)19(23)22-12-10-16(11-13-22)20-27(24,25)18-5-4-14-26-18/h4-9,14,16,20H,3,10-13H2,1-2H3. The van der Waals surface area contributed by atoms with Crippen LogP contribution in [0.25, 0.3) is 0 Å². The molecular weight excluding hydrogens is 382 g/mol. The Balaban J connectivity index is 1.56. The Hall–Kier alpha value is -1.90. The number of hydrogen-bond acceptors (Lipinski definition) is 5. The molecule has 0 unspecified atom stereocenters. The summed E-state index contributed by atoms with van der Waals surface area (Å²) in [5, 5.41) is 1.75. The molecule has 6 nitrogen and oxygen atoms in total. The van der Waals surface area contributed by atoms with Crippen LogP contribution < -0.4 is 9.62 Å². The highest BCUT2D eigenvalue weighted by molar-refractivity contribution is 7.91. The van der Waals surface area contributed by atoms with Gasteiger partial charge in [0.25, 0.3) is 5.91 Å². The summed E-state index contributed by atoms with van der Waals surface area (Å²) in [6, 6.07) is 10.8. The summed E-state index contributed by atoms with van der Waals surface area (Å²) in [5.74, 6) is 0.000246. The summed E-state index contributed by atoms with van der Waals surface area (Å²) >= 11 is 1.21. The molecule has 146 valence electrons. The lowest BCUT2D eigenvalue weighted by molar-refractivity contribution is 0.0711. The molecule has 0 bridgehead atoms.